The number of quaternary nitrogens is 1. The third-order valence-corrected chi connectivity index (χ3v) is 8.41. The van der Waals surface area contributed by atoms with Gasteiger partial charge in [0.05, 0.1) is 34.4 Å². The number of rotatable bonds is 33. The Kier molecular flexibility index (Phi) is 29.1. The maximum Gasteiger partial charge on any atom is 0.362 e. The second-order valence-electron chi connectivity index (χ2n) is 13.8. The van der Waals surface area contributed by atoms with Crippen molar-refractivity contribution in [1.82, 2.24) is 0 Å². The lowest BCUT2D eigenvalue weighted by Gasteiger charge is -2.31. The summed E-state index contributed by atoms with van der Waals surface area (Å²) >= 11 is 0. The summed E-state index contributed by atoms with van der Waals surface area (Å²) in [6.07, 6.45) is 28.2. The largest absolute Gasteiger partial charge is 0.477 e. The van der Waals surface area contributed by atoms with E-state index in [9.17, 15) is 19.5 Å². The Balaban J connectivity index is 4.43. The molecule has 270 valence electrons. The molecule has 0 heterocycles. The minimum absolute atomic E-state index is 0.0507. The average molecular weight is 655 g/mol. The van der Waals surface area contributed by atoms with Crippen molar-refractivity contribution in [3.63, 3.8) is 0 Å². The fraction of sp³-hybridized carbons (Fsp3) is 0.868. The summed E-state index contributed by atoms with van der Waals surface area (Å²) in [6.45, 7) is 4.68. The molecule has 0 bridgehead atoms. The fourth-order valence-corrected chi connectivity index (χ4v) is 5.44. The topological polar surface area (TPSA) is 99.1 Å². The SMILES string of the molecule is CCCCC/C=C/CCCCCCCC(=O)OCC(COCCC(C(=O)O)[N+](C)(C)C)OC(=O)CCCCCCCCCCCC. The van der Waals surface area contributed by atoms with E-state index in [0.717, 1.165) is 44.9 Å². The lowest BCUT2D eigenvalue weighted by Crippen LogP contribution is -2.50. The lowest BCUT2D eigenvalue weighted by atomic mass is 10.1. The van der Waals surface area contributed by atoms with Gasteiger partial charge >= 0.3 is 17.9 Å². The third-order valence-electron chi connectivity index (χ3n) is 8.41. The zero-order chi connectivity index (χ0) is 34.3. The van der Waals surface area contributed by atoms with Crippen LogP contribution in [-0.2, 0) is 28.6 Å². The van der Waals surface area contributed by atoms with Crippen LogP contribution in [0.1, 0.15) is 162 Å². The number of ether oxygens (including phenoxy) is 3. The zero-order valence-electron chi connectivity index (χ0n) is 30.5. The van der Waals surface area contributed by atoms with Gasteiger partial charge in [-0.3, -0.25) is 9.59 Å². The molecule has 1 N–H and O–H groups in total. The predicted octanol–water partition coefficient (Wildman–Crippen LogP) is 9.19. The van der Waals surface area contributed by atoms with E-state index in [4.69, 9.17) is 14.2 Å². The van der Waals surface area contributed by atoms with Gasteiger partial charge in [-0.1, -0.05) is 116 Å². The third kappa shape index (κ3) is 28.3. The number of carbonyl (C=O) groups excluding carboxylic acids is 2. The molecule has 0 aromatic heterocycles. The number of carboxylic acid groups (broad SMARTS) is 1. The van der Waals surface area contributed by atoms with Gasteiger partial charge < -0.3 is 23.8 Å². The number of nitrogens with zero attached hydrogens (tertiary/aromatic N) is 1. The fourth-order valence-electron chi connectivity index (χ4n) is 5.44. The highest BCUT2D eigenvalue weighted by Gasteiger charge is 2.31. The molecule has 8 heteroatoms. The average Bonchev–Trinajstić information content (AvgIpc) is 3.00. The molecule has 0 aromatic carbocycles. The first-order valence-corrected chi connectivity index (χ1v) is 18.7. The van der Waals surface area contributed by atoms with Crippen molar-refractivity contribution in [3.8, 4) is 0 Å². The van der Waals surface area contributed by atoms with Crippen molar-refractivity contribution >= 4 is 17.9 Å². The summed E-state index contributed by atoms with van der Waals surface area (Å²) in [5.74, 6) is -1.48. The predicted molar refractivity (Wildman–Crippen MR) is 188 cm³/mol. The van der Waals surface area contributed by atoms with Gasteiger partial charge in [0.1, 0.15) is 6.61 Å². The van der Waals surface area contributed by atoms with E-state index in [2.05, 4.69) is 26.0 Å². The monoisotopic (exact) mass is 655 g/mol. The Bertz CT molecular complexity index is 778. The number of esters is 2. The molecule has 8 nitrogen and oxygen atoms in total. The van der Waals surface area contributed by atoms with Crippen LogP contribution in [0.4, 0.5) is 0 Å². The van der Waals surface area contributed by atoms with Crippen LogP contribution >= 0.6 is 0 Å². The number of hydrogen-bond donors (Lipinski definition) is 1. The van der Waals surface area contributed by atoms with E-state index in [1.807, 2.05) is 21.1 Å². The van der Waals surface area contributed by atoms with E-state index in [0.29, 0.717) is 19.3 Å². The highest BCUT2D eigenvalue weighted by molar-refractivity contribution is 5.72. The van der Waals surface area contributed by atoms with Crippen molar-refractivity contribution in [1.29, 1.82) is 0 Å². The van der Waals surface area contributed by atoms with Gasteiger partial charge in [-0.05, 0) is 38.5 Å². The quantitative estimate of drug-likeness (QED) is 0.0326. The van der Waals surface area contributed by atoms with Crippen LogP contribution in [0.2, 0.25) is 0 Å². The lowest BCUT2D eigenvalue weighted by molar-refractivity contribution is -0.887. The molecule has 0 saturated carbocycles. The van der Waals surface area contributed by atoms with Crippen LogP contribution in [0.15, 0.2) is 12.2 Å². The molecule has 2 unspecified atom stereocenters. The van der Waals surface area contributed by atoms with Crippen LogP contribution in [0.3, 0.4) is 0 Å². The summed E-state index contributed by atoms with van der Waals surface area (Å²) in [7, 11) is 5.51. The molecule has 0 aliphatic rings. The Hall–Kier alpha value is -1.93. The standard InChI is InChI=1S/C38H71NO7/c1-6-8-10-12-14-16-18-19-21-22-24-26-28-36(40)45-33-34(32-44-31-30-35(38(42)43)39(3,4)5)46-37(41)29-27-25-23-20-17-15-13-11-9-7-2/h14,16,34-35H,6-13,15,17-33H2,1-5H3/p+1/b16-14+. The van der Waals surface area contributed by atoms with Gasteiger partial charge in [-0.15, -0.1) is 0 Å². The van der Waals surface area contributed by atoms with Crippen molar-refractivity contribution in [2.75, 3.05) is 41.0 Å². The van der Waals surface area contributed by atoms with E-state index < -0.39 is 18.1 Å². The Morgan fingerprint density at radius 1 is 0.630 bits per heavy atom. The molecule has 0 aliphatic carbocycles. The highest BCUT2D eigenvalue weighted by Crippen LogP contribution is 2.14. The molecule has 0 saturated heterocycles. The van der Waals surface area contributed by atoms with Crippen LogP contribution < -0.4 is 0 Å². The minimum atomic E-state index is -0.876. The molecule has 0 spiro atoms. The van der Waals surface area contributed by atoms with Crippen molar-refractivity contribution in [3.05, 3.63) is 12.2 Å². The number of hydrogen-bond acceptors (Lipinski definition) is 6. The highest BCUT2D eigenvalue weighted by atomic mass is 16.6. The number of carboxylic acids is 1. The summed E-state index contributed by atoms with van der Waals surface area (Å²) < 4.78 is 17.2. The number of likely N-dealkylation sites (N-methyl/N-ethyl adjacent to an activating group) is 1. The van der Waals surface area contributed by atoms with Gasteiger partial charge in [-0.25, -0.2) is 4.79 Å². The number of carbonyl (C=O) groups is 3. The number of aliphatic carboxylic acids is 1. The van der Waals surface area contributed by atoms with Gasteiger partial charge in [0, 0.05) is 19.3 Å². The molecular weight excluding hydrogens is 582 g/mol. The molecule has 0 rings (SSSR count). The second kappa shape index (κ2) is 30.4. The van der Waals surface area contributed by atoms with Crippen LogP contribution in [0.25, 0.3) is 0 Å². The smallest absolute Gasteiger partial charge is 0.362 e. The van der Waals surface area contributed by atoms with Crippen molar-refractivity contribution < 1.29 is 38.2 Å². The molecular formula is C38H72NO7+. The molecule has 0 fully saturated rings. The van der Waals surface area contributed by atoms with Crippen molar-refractivity contribution in [2.45, 2.75) is 174 Å². The van der Waals surface area contributed by atoms with E-state index in [1.165, 1.54) is 83.5 Å². The first-order chi connectivity index (χ1) is 22.1. The maximum absolute atomic E-state index is 12.6. The Morgan fingerprint density at radius 3 is 1.61 bits per heavy atom. The van der Waals surface area contributed by atoms with Gasteiger partial charge in [0.15, 0.2) is 12.1 Å². The van der Waals surface area contributed by atoms with E-state index >= 15 is 0 Å². The number of allylic oxidation sites excluding steroid dienone is 2. The molecule has 46 heavy (non-hydrogen) atoms. The summed E-state index contributed by atoms with van der Waals surface area (Å²) in [6, 6.07) is -0.609. The Labute approximate surface area is 282 Å². The van der Waals surface area contributed by atoms with Crippen LogP contribution in [-0.4, -0.2) is 80.6 Å². The molecule has 0 amide bonds. The zero-order valence-corrected chi connectivity index (χ0v) is 30.5. The minimum Gasteiger partial charge on any atom is -0.477 e. The van der Waals surface area contributed by atoms with E-state index in [-0.39, 0.29) is 36.2 Å². The summed E-state index contributed by atoms with van der Waals surface area (Å²) in [5, 5.41) is 9.56. The normalized spacial score (nSPS) is 13.2. The first-order valence-electron chi connectivity index (χ1n) is 18.7. The molecule has 2 atom stereocenters. The van der Waals surface area contributed by atoms with Gasteiger partial charge in [-0.2, -0.15) is 0 Å². The van der Waals surface area contributed by atoms with Gasteiger partial charge in [0.2, 0.25) is 0 Å². The molecule has 0 radical (unpaired) electrons. The summed E-state index contributed by atoms with van der Waals surface area (Å²) in [5.41, 5.74) is 0. The molecule has 0 aliphatic heterocycles. The van der Waals surface area contributed by atoms with Gasteiger partial charge in [0.25, 0.3) is 0 Å². The number of unbranched alkanes of at least 4 members (excludes halogenated alkanes) is 17. The summed E-state index contributed by atoms with van der Waals surface area (Å²) in [4.78, 5) is 36.7. The first kappa shape index (κ1) is 44.1. The maximum atomic E-state index is 12.6. The molecule has 0 aromatic rings. The van der Waals surface area contributed by atoms with E-state index in [1.54, 1.807) is 0 Å². The van der Waals surface area contributed by atoms with Crippen molar-refractivity contribution in [2.24, 2.45) is 0 Å². The van der Waals surface area contributed by atoms with Crippen LogP contribution in [0.5, 0.6) is 0 Å². The second-order valence-corrected chi connectivity index (χ2v) is 13.8. The Morgan fingerprint density at radius 2 is 1.09 bits per heavy atom. The van der Waals surface area contributed by atoms with Crippen LogP contribution in [0, 0.1) is 0 Å².